The van der Waals surface area contributed by atoms with Crippen LogP contribution in [0.1, 0.15) is 59.3 Å². The lowest BCUT2D eigenvalue weighted by atomic mass is 10.3. The number of hydrogen-bond donors (Lipinski definition) is 0. The number of unbranched alkanes of at least 4 members (excludes halogenated alkanes) is 2. The van der Waals surface area contributed by atoms with Gasteiger partial charge in [-0.3, -0.25) is 0 Å². The van der Waals surface area contributed by atoms with Crippen molar-refractivity contribution >= 4 is 7.26 Å². The third-order valence-corrected chi connectivity index (χ3v) is 8.35. The maximum Gasteiger partial charge on any atom is 0.166 e. The molecular weight excluding hydrogens is 271 g/mol. The molecule has 0 aromatic rings. The molecule has 0 amide bonds. The van der Waals surface area contributed by atoms with E-state index in [4.69, 9.17) is 9.47 Å². The van der Waals surface area contributed by atoms with Gasteiger partial charge in [-0.25, -0.2) is 0 Å². The minimum absolute atomic E-state index is 0. The van der Waals surface area contributed by atoms with E-state index >= 15 is 0 Å². The van der Waals surface area contributed by atoms with Crippen molar-refractivity contribution in [3.8, 4) is 0 Å². The van der Waals surface area contributed by atoms with Crippen LogP contribution in [0.25, 0.3) is 0 Å². The zero-order chi connectivity index (χ0) is 14.6. The van der Waals surface area contributed by atoms with Crippen LogP contribution in [0.4, 0.5) is 0 Å². The Bertz CT molecular complexity index is 192. The van der Waals surface area contributed by atoms with Crippen molar-refractivity contribution in [1.29, 1.82) is 0 Å². The van der Waals surface area contributed by atoms with Crippen molar-refractivity contribution in [2.45, 2.75) is 65.1 Å². The summed E-state index contributed by atoms with van der Waals surface area (Å²) in [7, 11) is 0.804. The van der Waals surface area contributed by atoms with Gasteiger partial charge in [0, 0.05) is 20.8 Å². The van der Waals surface area contributed by atoms with Crippen LogP contribution >= 0.6 is 7.26 Å². The minimum atomic E-state index is -0.947. The predicted molar refractivity (Wildman–Crippen MR) is 90.9 cm³/mol. The summed E-state index contributed by atoms with van der Waals surface area (Å²) in [4.78, 5) is 0. The van der Waals surface area contributed by atoms with E-state index in [1.165, 1.54) is 50.8 Å². The Hall–Kier alpha value is 0.310. The van der Waals surface area contributed by atoms with Crippen molar-refractivity contribution in [2.24, 2.45) is 0 Å². The van der Waals surface area contributed by atoms with E-state index in [9.17, 15) is 0 Å². The molecule has 0 aromatic heterocycles. The highest BCUT2D eigenvalue weighted by atomic mass is 31.2. The molecule has 0 heterocycles. The topological polar surface area (TPSA) is 48.5 Å². The van der Waals surface area contributed by atoms with Crippen molar-refractivity contribution < 1.29 is 14.9 Å². The number of hydrogen-bond acceptors (Lipinski definition) is 3. The Morgan fingerprint density at radius 2 is 1.45 bits per heavy atom. The van der Waals surface area contributed by atoms with Crippen molar-refractivity contribution in [2.75, 3.05) is 39.3 Å². The van der Waals surface area contributed by atoms with Gasteiger partial charge in [-0.1, -0.05) is 40.0 Å². The normalized spacial score (nSPS) is 13.1. The summed E-state index contributed by atoms with van der Waals surface area (Å²) < 4.78 is 11.3. The lowest BCUT2D eigenvalue weighted by molar-refractivity contribution is 0.0499. The van der Waals surface area contributed by atoms with Gasteiger partial charge >= 0.3 is 0 Å². The fourth-order valence-corrected chi connectivity index (χ4v) is 6.75. The summed E-state index contributed by atoms with van der Waals surface area (Å²) in [6, 6.07) is 0. The SMILES string of the molecule is CCCC[P+](C)(CCCC)C(CCC)OCCOC.[OH-]. The molecule has 0 aliphatic rings. The minimum Gasteiger partial charge on any atom is -0.870 e. The number of ether oxygens (including phenoxy) is 2. The predicted octanol–water partition coefficient (Wildman–Crippen LogP) is 4.85. The summed E-state index contributed by atoms with van der Waals surface area (Å²) in [5.74, 6) is 0.505. The second kappa shape index (κ2) is 14.3. The Morgan fingerprint density at radius 1 is 0.900 bits per heavy atom. The average molecular weight is 308 g/mol. The summed E-state index contributed by atoms with van der Waals surface area (Å²) in [6.07, 6.45) is 10.6. The molecule has 0 bridgehead atoms. The Morgan fingerprint density at radius 3 is 1.85 bits per heavy atom. The van der Waals surface area contributed by atoms with Crippen LogP contribution in [0.2, 0.25) is 0 Å². The average Bonchev–Trinajstić information content (AvgIpc) is 2.42. The molecule has 0 fully saturated rings. The Kier molecular flexibility index (Phi) is 16.1. The first kappa shape index (κ1) is 22.6. The summed E-state index contributed by atoms with van der Waals surface area (Å²) in [6.45, 7) is 10.9. The molecule has 0 rings (SSSR count). The summed E-state index contributed by atoms with van der Waals surface area (Å²) in [5, 5.41) is 0. The highest BCUT2D eigenvalue weighted by Gasteiger charge is 2.40. The molecule has 0 aliphatic heterocycles. The monoisotopic (exact) mass is 308 g/mol. The van der Waals surface area contributed by atoms with Crippen LogP contribution in [0.5, 0.6) is 0 Å². The van der Waals surface area contributed by atoms with Crippen LogP contribution in [0.3, 0.4) is 0 Å². The standard InChI is InChI=1S/C16H36O2P.H2O/c1-6-9-14-19(5,15-10-7-2)16(11-8-3)18-13-12-17-4;/h16H,6-15H2,1-5H3;1H2/q+1;/p-1. The van der Waals surface area contributed by atoms with Crippen molar-refractivity contribution in [3.05, 3.63) is 0 Å². The molecule has 0 aliphatic carbocycles. The van der Waals surface area contributed by atoms with Gasteiger partial charge in [0.25, 0.3) is 0 Å². The van der Waals surface area contributed by atoms with E-state index in [0.717, 1.165) is 13.2 Å². The van der Waals surface area contributed by atoms with Crippen molar-refractivity contribution in [3.63, 3.8) is 0 Å². The van der Waals surface area contributed by atoms with Crippen molar-refractivity contribution in [1.82, 2.24) is 0 Å². The molecule has 4 heteroatoms. The molecule has 20 heavy (non-hydrogen) atoms. The van der Waals surface area contributed by atoms with E-state index in [1.54, 1.807) is 7.11 Å². The molecular formula is C16H37O3P. The highest BCUT2D eigenvalue weighted by molar-refractivity contribution is 7.75. The molecule has 1 N–H and O–H groups in total. The maximum absolute atomic E-state index is 6.21. The second-order valence-corrected chi connectivity index (χ2v) is 10.2. The molecule has 0 spiro atoms. The third kappa shape index (κ3) is 9.28. The lowest BCUT2D eigenvalue weighted by Gasteiger charge is -2.31. The van der Waals surface area contributed by atoms with Gasteiger partial charge in [0.2, 0.25) is 0 Å². The van der Waals surface area contributed by atoms with Crippen LogP contribution < -0.4 is 0 Å². The van der Waals surface area contributed by atoms with E-state index in [0.29, 0.717) is 5.85 Å². The van der Waals surface area contributed by atoms with Crippen LogP contribution in [-0.2, 0) is 9.47 Å². The Labute approximate surface area is 127 Å². The largest absolute Gasteiger partial charge is 0.870 e. The van der Waals surface area contributed by atoms with Gasteiger partial charge in [0.1, 0.15) is 0 Å². The molecule has 1 unspecified atom stereocenters. The first-order chi connectivity index (χ1) is 9.14. The summed E-state index contributed by atoms with van der Waals surface area (Å²) >= 11 is 0. The van der Waals surface area contributed by atoms with Gasteiger partial charge < -0.3 is 14.9 Å². The van der Waals surface area contributed by atoms with Gasteiger partial charge in [-0.05, 0) is 12.8 Å². The molecule has 0 saturated heterocycles. The van der Waals surface area contributed by atoms with E-state index in [1.807, 2.05) is 0 Å². The molecule has 124 valence electrons. The van der Waals surface area contributed by atoms with Gasteiger partial charge in [-0.15, -0.1) is 0 Å². The zero-order valence-electron chi connectivity index (χ0n) is 14.4. The maximum atomic E-state index is 6.21. The molecule has 3 nitrogen and oxygen atoms in total. The van der Waals surface area contributed by atoms with Gasteiger partial charge in [0.15, 0.2) is 5.85 Å². The quantitative estimate of drug-likeness (QED) is 0.361. The fourth-order valence-electron chi connectivity index (χ4n) is 2.53. The fraction of sp³-hybridized carbons (Fsp3) is 1.00. The third-order valence-electron chi connectivity index (χ3n) is 3.87. The highest BCUT2D eigenvalue weighted by Crippen LogP contribution is 2.62. The molecule has 0 saturated carbocycles. The summed E-state index contributed by atoms with van der Waals surface area (Å²) in [5.41, 5.74) is 0. The Balaban J connectivity index is 0. The molecule has 0 aromatic carbocycles. The van der Waals surface area contributed by atoms with Crippen LogP contribution in [0, 0.1) is 0 Å². The van der Waals surface area contributed by atoms with E-state index in [-0.39, 0.29) is 5.48 Å². The molecule has 0 radical (unpaired) electrons. The van der Waals surface area contributed by atoms with Crippen LogP contribution in [0.15, 0.2) is 0 Å². The zero-order valence-corrected chi connectivity index (χ0v) is 15.3. The first-order valence-electron chi connectivity index (χ1n) is 8.09. The first-order valence-corrected chi connectivity index (χ1v) is 10.8. The molecule has 1 atom stereocenters. The number of rotatable bonds is 13. The van der Waals surface area contributed by atoms with Gasteiger partial charge in [-0.2, -0.15) is 0 Å². The van der Waals surface area contributed by atoms with Crippen LogP contribution in [-0.4, -0.2) is 50.6 Å². The number of methoxy groups -OCH3 is 1. The van der Waals surface area contributed by atoms with E-state index < -0.39 is 7.26 Å². The lowest BCUT2D eigenvalue weighted by Crippen LogP contribution is -2.23. The van der Waals surface area contributed by atoms with E-state index in [2.05, 4.69) is 27.4 Å². The second-order valence-electron chi connectivity index (χ2n) is 5.74. The smallest absolute Gasteiger partial charge is 0.166 e. The van der Waals surface area contributed by atoms with Gasteiger partial charge in [0.05, 0.1) is 32.2 Å².